The Bertz CT molecular complexity index is 351. The molecule has 1 heterocycles. The van der Waals surface area contributed by atoms with Crippen LogP contribution in [0.3, 0.4) is 0 Å². The summed E-state index contributed by atoms with van der Waals surface area (Å²) in [5.41, 5.74) is 1.15. The van der Waals surface area contributed by atoms with Gasteiger partial charge in [0, 0.05) is 29.2 Å². The van der Waals surface area contributed by atoms with Gasteiger partial charge >= 0.3 is 0 Å². The van der Waals surface area contributed by atoms with E-state index in [1.165, 1.54) is 0 Å². The van der Waals surface area contributed by atoms with E-state index in [1.54, 1.807) is 6.20 Å². The largest absolute Gasteiger partial charge is 0.299 e. The fourth-order valence-corrected chi connectivity index (χ4v) is 2.37. The second kappa shape index (κ2) is 4.22. The first-order valence-corrected chi connectivity index (χ1v) is 5.67. The van der Waals surface area contributed by atoms with Crippen molar-refractivity contribution in [1.29, 1.82) is 0 Å². The maximum Gasteiger partial charge on any atom is 0.136 e. The summed E-state index contributed by atoms with van der Waals surface area (Å²) in [6.07, 6.45) is 7.34. The molecule has 2 rings (SSSR count). The van der Waals surface area contributed by atoms with Gasteiger partial charge in [0.25, 0.3) is 0 Å². The fourth-order valence-electron chi connectivity index (χ4n) is 1.96. The van der Waals surface area contributed by atoms with E-state index < -0.39 is 0 Å². The molecule has 1 saturated carbocycles. The van der Waals surface area contributed by atoms with Gasteiger partial charge < -0.3 is 0 Å². The number of carbonyl (C=O) groups excluding carboxylic acids is 1. The summed E-state index contributed by atoms with van der Waals surface area (Å²) < 4.78 is 0.987. The van der Waals surface area contributed by atoms with Gasteiger partial charge in [-0.25, -0.2) is 0 Å². The highest BCUT2D eigenvalue weighted by molar-refractivity contribution is 9.10. The van der Waals surface area contributed by atoms with Crippen molar-refractivity contribution in [3.63, 3.8) is 0 Å². The molecule has 1 aromatic heterocycles. The minimum absolute atomic E-state index is 0.242. The summed E-state index contributed by atoms with van der Waals surface area (Å²) in [7, 11) is 0. The second-order valence-electron chi connectivity index (χ2n) is 3.77. The molecular formula is C11H12BrNO. The van der Waals surface area contributed by atoms with Crippen LogP contribution in [0.4, 0.5) is 0 Å². The number of carbonyl (C=O) groups is 1. The number of rotatable bonds is 2. The van der Waals surface area contributed by atoms with Gasteiger partial charge in [-0.1, -0.05) is 0 Å². The molecule has 3 heteroatoms. The summed E-state index contributed by atoms with van der Waals surface area (Å²) in [5, 5.41) is 0. The first-order chi connectivity index (χ1) is 6.75. The molecule has 14 heavy (non-hydrogen) atoms. The number of hydrogen-bond donors (Lipinski definition) is 0. The third kappa shape index (κ3) is 2.21. The molecule has 0 saturated heterocycles. The van der Waals surface area contributed by atoms with Gasteiger partial charge in [0.05, 0.1) is 0 Å². The molecule has 1 aliphatic rings. The Kier molecular flexibility index (Phi) is 2.96. The monoisotopic (exact) mass is 253 g/mol. The lowest BCUT2D eigenvalue weighted by Crippen LogP contribution is -2.09. The van der Waals surface area contributed by atoms with E-state index in [-0.39, 0.29) is 5.92 Å². The second-order valence-corrected chi connectivity index (χ2v) is 4.69. The minimum atomic E-state index is 0.242. The molecule has 0 spiro atoms. The highest BCUT2D eigenvalue weighted by Gasteiger charge is 2.24. The Morgan fingerprint density at radius 2 is 2.36 bits per heavy atom. The molecule has 1 fully saturated rings. The van der Waals surface area contributed by atoms with Crippen LogP contribution in [-0.4, -0.2) is 10.8 Å². The molecule has 1 aliphatic carbocycles. The molecule has 1 unspecified atom stereocenters. The lowest BCUT2D eigenvalue weighted by atomic mass is 9.98. The van der Waals surface area contributed by atoms with Gasteiger partial charge in [0.1, 0.15) is 5.78 Å². The number of halogens is 1. The van der Waals surface area contributed by atoms with E-state index in [4.69, 9.17) is 0 Å². The van der Waals surface area contributed by atoms with Crippen LogP contribution < -0.4 is 0 Å². The zero-order valence-electron chi connectivity index (χ0n) is 7.87. The predicted molar refractivity (Wildman–Crippen MR) is 58.0 cm³/mol. The van der Waals surface area contributed by atoms with E-state index in [2.05, 4.69) is 20.9 Å². The number of nitrogens with zero attached hydrogens (tertiary/aromatic N) is 1. The van der Waals surface area contributed by atoms with Gasteiger partial charge in [0.2, 0.25) is 0 Å². The predicted octanol–water partition coefficient (Wildman–Crippen LogP) is 2.76. The highest BCUT2D eigenvalue weighted by Crippen LogP contribution is 2.25. The molecule has 1 atom stereocenters. The van der Waals surface area contributed by atoms with Gasteiger partial charge in [-0.3, -0.25) is 9.78 Å². The third-order valence-electron chi connectivity index (χ3n) is 2.67. The lowest BCUT2D eigenvalue weighted by Gasteiger charge is -2.07. The number of aromatic nitrogens is 1. The van der Waals surface area contributed by atoms with Gasteiger partial charge in [-0.2, -0.15) is 0 Å². The number of pyridine rings is 1. The first kappa shape index (κ1) is 9.84. The van der Waals surface area contributed by atoms with E-state index >= 15 is 0 Å². The smallest absolute Gasteiger partial charge is 0.136 e. The molecule has 0 aliphatic heterocycles. The third-order valence-corrected chi connectivity index (χ3v) is 3.11. The zero-order chi connectivity index (χ0) is 9.97. The molecule has 74 valence electrons. The van der Waals surface area contributed by atoms with Crippen molar-refractivity contribution >= 4 is 21.7 Å². The minimum Gasteiger partial charge on any atom is -0.299 e. The van der Waals surface area contributed by atoms with Crippen LogP contribution in [0.15, 0.2) is 22.9 Å². The molecule has 0 amide bonds. The summed E-state index contributed by atoms with van der Waals surface area (Å²) in [6.45, 7) is 0. The van der Waals surface area contributed by atoms with Crippen LogP contribution in [0, 0.1) is 5.92 Å². The van der Waals surface area contributed by atoms with Crippen LogP contribution >= 0.6 is 15.9 Å². The van der Waals surface area contributed by atoms with Crippen molar-refractivity contribution in [2.24, 2.45) is 5.92 Å². The van der Waals surface area contributed by atoms with Crippen LogP contribution in [0.5, 0.6) is 0 Å². The van der Waals surface area contributed by atoms with E-state index in [1.807, 2.05) is 12.3 Å². The summed E-state index contributed by atoms with van der Waals surface area (Å²) in [5.74, 6) is 0.663. The molecule has 2 nitrogen and oxygen atoms in total. The van der Waals surface area contributed by atoms with Crippen molar-refractivity contribution in [2.45, 2.75) is 25.7 Å². The topological polar surface area (TPSA) is 30.0 Å². The van der Waals surface area contributed by atoms with Gasteiger partial charge in [-0.15, -0.1) is 0 Å². The summed E-state index contributed by atoms with van der Waals surface area (Å²) in [4.78, 5) is 15.5. The Hall–Kier alpha value is -0.700. The quantitative estimate of drug-likeness (QED) is 0.812. The molecular weight excluding hydrogens is 242 g/mol. The van der Waals surface area contributed by atoms with Crippen molar-refractivity contribution < 1.29 is 4.79 Å². The fraction of sp³-hybridized carbons (Fsp3) is 0.455. The van der Waals surface area contributed by atoms with Crippen LogP contribution in [0.1, 0.15) is 24.8 Å². The number of hydrogen-bond acceptors (Lipinski definition) is 2. The normalized spacial score (nSPS) is 21.5. The molecule has 1 aromatic rings. The molecule has 0 N–H and O–H groups in total. The van der Waals surface area contributed by atoms with Crippen LogP contribution in [0.25, 0.3) is 0 Å². The molecule has 0 bridgehead atoms. The maximum absolute atomic E-state index is 11.4. The van der Waals surface area contributed by atoms with E-state index in [0.29, 0.717) is 5.78 Å². The Labute approximate surface area is 91.9 Å². The number of Topliss-reactive ketones (excluding diaryl/α,β-unsaturated/α-hetero) is 1. The lowest BCUT2D eigenvalue weighted by molar-refractivity contribution is -0.120. The Morgan fingerprint density at radius 1 is 1.50 bits per heavy atom. The van der Waals surface area contributed by atoms with E-state index in [0.717, 1.165) is 35.7 Å². The highest BCUT2D eigenvalue weighted by atomic mass is 79.9. The first-order valence-electron chi connectivity index (χ1n) is 4.88. The van der Waals surface area contributed by atoms with Gasteiger partial charge in [-0.05, 0) is 46.8 Å². The summed E-state index contributed by atoms with van der Waals surface area (Å²) >= 11 is 3.38. The Morgan fingerprint density at radius 3 is 3.00 bits per heavy atom. The van der Waals surface area contributed by atoms with Crippen molar-refractivity contribution in [3.8, 4) is 0 Å². The average molecular weight is 254 g/mol. The average Bonchev–Trinajstić information content (AvgIpc) is 2.52. The van der Waals surface area contributed by atoms with Crippen molar-refractivity contribution in [1.82, 2.24) is 4.98 Å². The van der Waals surface area contributed by atoms with Gasteiger partial charge in [0.15, 0.2) is 0 Å². The summed E-state index contributed by atoms with van der Waals surface area (Å²) in [6, 6.07) is 2.04. The van der Waals surface area contributed by atoms with Crippen LogP contribution in [0.2, 0.25) is 0 Å². The zero-order valence-corrected chi connectivity index (χ0v) is 9.46. The van der Waals surface area contributed by atoms with Crippen molar-refractivity contribution in [2.75, 3.05) is 0 Å². The van der Waals surface area contributed by atoms with Crippen LogP contribution in [-0.2, 0) is 11.2 Å². The SMILES string of the molecule is O=C1CCCC1Cc1cncc(Br)c1. The number of ketones is 1. The van der Waals surface area contributed by atoms with Crippen molar-refractivity contribution in [3.05, 3.63) is 28.5 Å². The Balaban J connectivity index is 2.07. The van der Waals surface area contributed by atoms with E-state index in [9.17, 15) is 4.79 Å². The standard InChI is InChI=1S/C11H12BrNO/c12-10-5-8(6-13-7-10)4-9-2-1-3-11(9)14/h5-7,9H,1-4H2. The molecule has 0 aromatic carbocycles. The maximum atomic E-state index is 11.4. The molecule has 0 radical (unpaired) electrons.